The molecule has 0 spiro atoms. The number of likely N-dealkylation sites (tertiary alicyclic amines) is 1. The van der Waals surface area contributed by atoms with Crippen molar-refractivity contribution in [2.75, 3.05) is 20.2 Å². The topological polar surface area (TPSA) is 36.3 Å². The normalized spacial score (nSPS) is 19.4. The lowest BCUT2D eigenvalue weighted by atomic mass is 9.90. The van der Waals surface area contributed by atoms with Crippen LogP contribution in [-0.2, 0) is 6.42 Å². The molecule has 2 rings (SSSR count). The molecule has 1 heterocycles. The molecule has 1 atom stereocenters. The zero-order valence-electron chi connectivity index (χ0n) is 11.9. The first-order valence-corrected chi connectivity index (χ1v) is 6.98. The molecule has 102 valence electrons. The number of nitrogens with zero attached hydrogens (tertiary/aromatic N) is 2. The zero-order valence-corrected chi connectivity index (χ0v) is 11.9. The molecule has 1 fully saturated rings. The van der Waals surface area contributed by atoms with E-state index < -0.39 is 5.54 Å². The number of methoxy groups -OCH3 is 1. The molecule has 1 aliphatic heterocycles. The van der Waals surface area contributed by atoms with Gasteiger partial charge in [-0.15, -0.1) is 0 Å². The summed E-state index contributed by atoms with van der Waals surface area (Å²) in [5.74, 6) is 0.876. The van der Waals surface area contributed by atoms with Gasteiger partial charge in [-0.3, -0.25) is 4.90 Å². The van der Waals surface area contributed by atoms with E-state index in [-0.39, 0.29) is 0 Å². The molecule has 0 aliphatic carbocycles. The number of para-hydroxylation sites is 1. The van der Waals surface area contributed by atoms with E-state index in [0.29, 0.717) is 6.42 Å². The van der Waals surface area contributed by atoms with Crippen LogP contribution in [0.3, 0.4) is 0 Å². The van der Waals surface area contributed by atoms with E-state index >= 15 is 0 Å². The number of benzene rings is 1. The number of ether oxygens (including phenoxy) is 1. The summed E-state index contributed by atoms with van der Waals surface area (Å²) in [6, 6.07) is 10.5. The summed E-state index contributed by atoms with van der Waals surface area (Å²) in [6.07, 6.45) is 4.40. The third-order valence-corrected chi connectivity index (χ3v) is 4.02. The summed E-state index contributed by atoms with van der Waals surface area (Å²) in [5.41, 5.74) is 0.675. The molecule has 0 N–H and O–H groups in total. The van der Waals surface area contributed by atoms with Crippen molar-refractivity contribution in [3.8, 4) is 11.8 Å². The molecule has 1 unspecified atom stereocenters. The first kappa shape index (κ1) is 13.9. The molecule has 0 aromatic heterocycles. The van der Waals surface area contributed by atoms with Crippen LogP contribution in [0.5, 0.6) is 5.75 Å². The van der Waals surface area contributed by atoms with E-state index in [1.54, 1.807) is 7.11 Å². The van der Waals surface area contributed by atoms with E-state index in [4.69, 9.17) is 4.74 Å². The standard InChI is InChI=1S/C16H22N2O/c1-16(13-17,18-10-6-3-7-11-18)12-14-8-4-5-9-15(14)19-2/h4-5,8-9H,3,6-7,10-12H2,1-2H3. The first-order valence-electron chi connectivity index (χ1n) is 6.98. The average molecular weight is 258 g/mol. The van der Waals surface area contributed by atoms with Crippen LogP contribution in [0, 0.1) is 11.3 Å². The lowest BCUT2D eigenvalue weighted by molar-refractivity contribution is 0.123. The van der Waals surface area contributed by atoms with Crippen molar-refractivity contribution in [1.29, 1.82) is 5.26 Å². The minimum atomic E-state index is -0.435. The average Bonchev–Trinajstić information content (AvgIpc) is 2.48. The summed E-state index contributed by atoms with van der Waals surface area (Å²) in [7, 11) is 1.68. The van der Waals surface area contributed by atoms with Gasteiger partial charge < -0.3 is 4.74 Å². The fourth-order valence-corrected chi connectivity index (χ4v) is 2.83. The summed E-state index contributed by atoms with van der Waals surface area (Å²) in [4.78, 5) is 2.32. The number of hydrogen-bond donors (Lipinski definition) is 0. The Morgan fingerprint density at radius 1 is 1.26 bits per heavy atom. The molecular weight excluding hydrogens is 236 g/mol. The Kier molecular flexibility index (Phi) is 4.44. The molecule has 1 aliphatic rings. The maximum absolute atomic E-state index is 9.63. The van der Waals surface area contributed by atoms with Crippen molar-refractivity contribution in [1.82, 2.24) is 4.90 Å². The molecule has 0 saturated carbocycles. The van der Waals surface area contributed by atoms with Gasteiger partial charge in [-0.25, -0.2) is 0 Å². The van der Waals surface area contributed by atoms with Crippen LogP contribution >= 0.6 is 0 Å². The van der Waals surface area contributed by atoms with Crippen molar-refractivity contribution < 1.29 is 4.74 Å². The molecule has 0 amide bonds. The molecule has 1 saturated heterocycles. The monoisotopic (exact) mass is 258 g/mol. The second-order valence-electron chi connectivity index (χ2n) is 5.42. The summed E-state index contributed by atoms with van der Waals surface area (Å²) >= 11 is 0. The van der Waals surface area contributed by atoms with Crippen LogP contribution in [0.15, 0.2) is 24.3 Å². The third-order valence-electron chi connectivity index (χ3n) is 4.02. The van der Waals surface area contributed by atoms with Gasteiger partial charge in [0.2, 0.25) is 0 Å². The second-order valence-corrected chi connectivity index (χ2v) is 5.42. The van der Waals surface area contributed by atoms with Gasteiger partial charge in [-0.2, -0.15) is 5.26 Å². The van der Waals surface area contributed by atoms with Crippen LogP contribution in [0.1, 0.15) is 31.7 Å². The zero-order chi connectivity index (χ0) is 13.7. The van der Waals surface area contributed by atoms with Gasteiger partial charge in [-0.05, 0) is 44.5 Å². The van der Waals surface area contributed by atoms with Crippen molar-refractivity contribution in [2.24, 2.45) is 0 Å². The van der Waals surface area contributed by atoms with Gasteiger partial charge >= 0.3 is 0 Å². The fraction of sp³-hybridized carbons (Fsp3) is 0.562. The van der Waals surface area contributed by atoms with Crippen LogP contribution < -0.4 is 4.74 Å². The minimum absolute atomic E-state index is 0.435. The quantitative estimate of drug-likeness (QED) is 0.833. The molecule has 0 radical (unpaired) electrons. The minimum Gasteiger partial charge on any atom is -0.496 e. The molecule has 1 aromatic rings. The highest BCUT2D eigenvalue weighted by atomic mass is 16.5. The van der Waals surface area contributed by atoms with Crippen LogP contribution in [-0.4, -0.2) is 30.6 Å². The van der Waals surface area contributed by atoms with E-state index in [1.165, 1.54) is 19.3 Å². The van der Waals surface area contributed by atoms with E-state index in [1.807, 2.05) is 25.1 Å². The highest BCUT2D eigenvalue weighted by molar-refractivity contribution is 5.36. The molecule has 3 heteroatoms. The van der Waals surface area contributed by atoms with Gasteiger partial charge in [0.1, 0.15) is 11.3 Å². The molecule has 1 aromatic carbocycles. The number of piperidine rings is 1. The SMILES string of the molecule is COc1ccccc1CC(C)(C#N)N1CCCCC1. The maximum atomic E-state index is 9.63. The van der Waals surface area contributed by atoms with Crippen LogP contribution in [0.2, 0.25) is 0 Å². The van der Waals surface area contributed by atoms with Gasteiger partial charge in [0.05, 0.1) is 13.2 Å². The van der Waals surface area contributed by atoms with Gasteiger partial charge in [-0.1, -0.05) is 24.6 Å². The summed E-state index contributed by atoms with van der Waals surface area (Å²) < 4.78 is 5.40. The summed E-state index contributed by atoms with van der Waals surface area (Å²) in [5, 5.41) is 9.63. The third kappa shape index (κ3) is 3.08. The maximum Gasteiger partial charge on any atom is 0.122 e. The highest BCUT2D eigenvalue weighted by Gasteiger charge is 2.33. The molecule has 3 nitrogen and oxygen atoms in total. The summed E-state index contributed by atoms with van der Waals surface area (Å²) in [6.45, 7) is 4.10. The first-order chi connectivity index (χ1) is 9.19. The largest absolute Gasteiger partial charge is 0.496 e. The lowest BCUT2D eigenvalue weighted by Gasteiger charge is -2.38. The van der Waals surface area contributed by atoms with E-state index in [9.17, 15) is 5.26 Å². The van der Waals surface area contributed by atoms with E-state index in [2.05, 4.69) is 17.0 Å². The Morgan fingerprint density at radius 3 is 2.58 bits per heavy atom. The molecule has 0 bridgehead atoms. The van der Waals surface area contributed by atoms with Crippen molar-refractivity contribution in [3.05, 3.63) is 29.8 Å². The Morgan fingerprint density at radius 2 is 1.95 bits per heavy atom. The van der Waals surface area contributed by atoms with Crippen molar-refractivity contribution >= 4 is 0 Å². The van der Waals surface area contributed by atoms with E-state index in [0.717, 1.165) is 24.4 Å². The smallest absolute Gasteiger partial charge is 0.122 e. The predicted octanol–water partition coefficient (Wildman–Crippen LogP) is 3.01. The van der Waals surface area contributed by atoms with Gasteiger partial charge in [0, 0.05) is 6.42 Å². The van der Waals surface area contributed by atoms with Gasteiger partial charge in [0.15, 0.2) is 0 Å². The number of rotatable bonds is 4. The Labute approximate surface area is 115 Å². The fourth-order valence-electron chi connectivity index (χ4n) is 2.83. The highest BCUT2D eigenvalue weighted by Crippen LogP contribution is 2.28. The Bertz CT molecular complexity index is 460. The number of nitriles is 1. The van der Waals surface area contributed by atoms with Crippen LogP contribution in [0.25, 0.3) is 0 Å². The second kappa shape index (κ2) is 6.08. The van der Waals surface area contributed by atoms with Crippen molar-refractivity contribution in [3.63, 3.8) is 0 Å². The molecule has 19 heavy (non-hydrogen) atoms. The Hall–Kier alpha value is -1.53. The number of hydrogen-bond acceptors (Lipinski definition) is 3. The predicted molar refractivity (Wildman–Crippen MR) is 76.1 cm³/mol. The Balaban J connectivity index is 2.20. The van der Waals surface area contributed by atoms with Crippen molar-refractivity contribution in [2.45, 2.75) is 38.1 Å². The van der Waals surface area contributed by atoms with Crippen LogP contribution in [0.4, 0.5) is 0 Å². The van der Waals surface area contributed by atoms with Gasteiger partial charge in [0.25, 0.3) is 0 Å². The lowest BCUT2D eigenvalue weighted by Crippen LogP contribution is -2.49. The molecular formula is C16H22N2O.